The second kappa shape index (κ2) is 8.62. The van der Waals surface area contributed by atoms with E-state index >= 15 is 0 Å². The largest absolute Gasteiger partial charge is 0.487 e. The molecule has 2 N–H and O–H groups in total. The minimum absolute atomic E-state index is 0.00287. The van der Waals surface area contributed by atoms with Gasteiger partial charge in [-0.15, -0.1) is 0 Å². The highest BCUT2D eigenvalue weighted by atomic mass is 16.5. The van der Waals surface area contributed by atoms with E-state index in [1.165, 1.54) is 0 Å². The number of amides is 1. The molecule has 1 aromatic heterocycles. The van der Waals surface area contributed by atoms with E-state index in [4.69, 9.17) is 9.47 Å². The van der Waals surface area contributed by atoms with Crippen molar-refractivity contribution >= 4 is 22.9 Å². The first-order chi connectivity index (χ1) is 17.4. The van der Waals surface area contributed by atoms with E-state index in [-0.39, 0.29) is 29.8 Å². The van der Waals surface area contributed by atoms with Gasteiger partial charge in [-0.1, -0.05) is 18.2 Å². The molecular weight excluding hydrogens is 458 g/mol. The van der Waals surface area contributed by atoms with Crippen LogP contribution in [-0.4, -0.2) is 57.1 Å². The fraction of sp³-hybridized carbons (Fsp3) is 0.464. The number of likely N-dealkylation sites (tertiary alicyclic amines) is 1. The minimum Gasteiger partial charge on any atom is -0.487 e. The summed E-state index contributed by atoms with van der Waals surface area (Å²) in [5.41, 5.74) is 2.52. The summed E-state index contributed by atoms with van der Waals surface area (Å²) in [7, 11) is 0. The number of carboxylic acids is 1. The van der Waals surface area contributed by atoms with E-state index in [9.17, 15) is 14.7 Å². The number of nitrogens with one attached hydrogen (secondary N) is 1. The third-order valence-electron chi connectivity index (χ3n) is 8.39. The van der Waals surface area contributed by atoms with Crippen molar-refractivity contribution in [3.8, 4) is 5.75 Å². The molecule has 2 aromatic carbocycles. The summed E-state index contributed by atoms with van der Waals surface area (Å²) in [6, 6.07) is 13.5. The molecule has 3 aliphatic heterocycles. The molecule has 188 valence electrons. The van der Waals surface area contributed by atoms with Crippen LogP contribution in [0.2, 0.25) is 0 Å². The van der Waals surface area contributed by atoms with Crippen LogP contribution in [0.25, 0.3) is 11.0 Å². The van der Waals surface area contributed by atoms with E-state index in [1.807, 2.05) is 54.3 Å². The van der Waals surface area contributed by atoms with Crippen LogP contribution in [0.1, 0.15) is 61.1 Å². The Kier molecular flexibility index (Phi) is 5.52. The molecule has 6 rings (SSSR count). The van der Waals surface area contributed by atoms with Gasteiger partial charge >= 0.3 is 5.97 Å². The highest BCUT2D eigenvalue weighted by molar-refractivity contribution is 5.97. The number of aromatic amines is 1. The molecular formula is C28H31N3O5. The molecule has 4 atom stereocenters. The molecule has 36 heavy (non-hydrogen) atoms. The molecule has 3 aromatic rings. The highest BCUT2D eigenvalue weighted by Gasteiger charge is 2.55. The summed E-state index contributed by atoms with van der Waals surface area (Å²) in [5.74, 6) is -0.0361. The number of carbonyl (C=O) groups is 2. The van der Waals surface area contributed by atoms with Crippen molar-refractivity contribution < 1.29 is 24.2 Å². The van der Waals surface area contributed by atoms with Crippen LogP contribution < -0.4 is 4.74 Å². The number of fused-ring (bicyclic) bond motifs is 4. The van der Waals surface area contributed by atoms with Crippen molar-refractivity contribution in [1.82, 2.24) is 14.9 Å². The van der Waals surface area contributed by atoms with Crippen molar-refractivity contribution in [2.75, 3.05) is 19.7 Å². The fourth-order valence-electron chi connectivity index (χ4n) is 6.50. The standard InChI is InChI=1S/C28H31N3O5/c1-27(11-9-24(32)33)20-14-28(16-35-25(20)19-5-2-3-6-23(19)36-27)10-4-12-31(15-28)26(34)18-7-8-21-22(13-18)30-17-29-21/h2-3,5-8,13,17,20,25H,4,9-12,14-16H2,1H3,(H,29,30)(H,32,33)/t20-,25+,27-,28-/m1/s1. The molecule has 4 heterocycles. The van der Waals surface area contributed by atoms with Gasteiger partial charge in [-0.25, -0.2) is 4.98 Å². The van der Waals surface area contributed by atoms with Gasteiger partial charge in [-0.2, -0.15) is 0 Å². The SMILES string of the molecule is C[C@]1(CCC(=O)O)Oc2ccccc2[C@@H]2OC[C@]3(CCCN(C(=O)c4ccc5nc[nH]c5c4)C3)C[C@H]21. The molecule has 1 amide bonds. The Balaban J connectivity index is 1.27. The number of H-pyrrole nitrogens is 1. The summed E-state index contributed by atoms with van der Waals surface area (Å²) in [6.45, 7) is 3.93. The van der Waals surface area contributed by atoms with Crippen LogP contribution in [0.15, 0.2) is 48.8 Å². The van der Waals surface area contributed by atoms with Crippen LogP contribution in [0.5, 0.6) is 5.75 Å². The number of hydrogen-bond acceptors (Lipinski definition) is 5. The number of ether oxygens (including phenoxy) is 2. The number of carbonyl (C=O) groups excluding carboxylic acids is 1. The number of hydrogen-bond donors (Lipinski definition) is 2. The third-order valence-corrected chi connectivity index (χ3v) is 8.39. The number of nitrogens with zero attached hydrogens (tertiary/aromatic N) is 2. The number of rotatable bonds is 4. The van der Waals surface area contributed by atoms with Crippen molar-refractivity contribution in [2.45, 2.75) is 50.7 Å². The van der Waals surface area contributed by atoms with Crippen molar-refractivity contribution in [3.05, 3.63) is 59.9 Å². The van der Waals surface area contributed by atoms with E-state index < -0.39 is 11.6 Å². The maximum atomic E-state index is 13.5. The minimum atomic E-state index is -0.828. The predicted octanol–water partition coefficient (Wildman–Crippen LogP) is 4.58. The molecule has 0 unspecified atom stereocenters. The lowest BCUT2D eigenvalue weighted by Crippen LogP contribution is -2.57. The molecule has 8 nitrogen and oxygen atoms in total. The highest BCUT2D eigenvalue weighted by Crippen LogP contribution is 2.56. The fourth-order valence-corrected chi connectivity index (χ4v) is 6.50. The Labute approximate surface area is 209 Å². The first kappa shape index (κ1) is 23.0. The predicted molar refractivity (Wildman–Crippen MR) is 133 cm³/mol. The lowest BCUT2D eigenvalue weighted by molar-refractivity contribution is -0.181. The zero-order chi connectivity index (χ0) is 24.9. The maximum Gasteiger partial charge on any atom is 0.303 e. The normalized spacial score (nSPS) is 29.4. The summed E-state index contributed by atoms with van der Waals surface area (Å²) in [4.78, 5) is 34.3. The first-order valence-corrected chi connectivity index (χ1v) is 12.7. The van der Waals surface area contributed by atoms with E-state index in [0.29, 0.717) is 31.7 Å². The number of piperidine rings is 1. The number of imidazole rings is 1. The zero-order valence-corrected chi connectivity index (χ0v) is 20.4. The number of aromatic nitrogens is 2. The Bertz CT molecular complexity index is 1320. The van der Waals surface area contributed by atoms with Gasteiger partial charge in [0.05, 0.1) is 30.1 Å². The quantitative estimate of drug-likeness (QED) is 0.556. The second-order valence-electron chi connectivity index (χ2n) is 10.9. The Hall–Kier alpha value is -3.39. The number of aliphatic carboxylic acids is 1. The average Bonchev–Trinajstić information content (AvgIpc) is 3.35. The van der Waals surface area contributed by atoms with Gasteiger partial charge in [0, 0.05) is 42.0 Å². The second-order valence-corrected chi connectivity index (χ2v) is 10.9. The van der Waals surface area contributed by atoms with Gasteiger partial charge in [-0.05, 0) is 56.9 Å². The number of benzene rings is 2. The van der Waals surface area contributed by atoms with Crippen LogP contribution in [0.4, 0.5) is 0 Å². The van der Waals surface area contributed by atoms with E-state index in [2.05, 4.69) is 9.97 Å². The summed E-state index contributed by atoms with van der Waals surface area (Å²) in [6.07, 6.45) is 4.63. The molecule has 2 fully saturated rings. The first-order valence-electron chi connectivity index (χ1n) is 12.7. The van der Waals surface area contributed by atoms with Crippen LogP contribution in [0, 0.1) is 11.3 Å². The Morgan fingerprint density at radius 2 is 2.11 bits per heavy atom. The van der Waals surface area contributed by atoms with Crippen LogP contribution >= 0.6 is 0 Å². The lowest BCUT2D eigenvalue weighted by atomic mass is 9.64. The summed E-state index contributed by atoms with van der Waals surface area (Å²) >= 11 is 0. The summed E-state index contributed by atoms with van der Waals surface area (Å²) < 4.78 is 13.1. The van der Waals surface area contributed by atoms with E-state index in [1.54, 1.807) is 6.33 Å². The molecule has 1 spiro atoms. The van der Waals surface area contributed by atoms with Crippen molar-refractivity contribution in [2.24, 2.45) is 11.3 Å². The van der Waals surface area contributed by atoms with Gasteiger partial charge in [0.25, 0.3) is 5.91 Å². The average molecular weight is 490 g/mol. The molecule has 0 radical (unpaired) electrons. The maximum absolute atomic E-state index is 13.5. The van der Waals surface area contributed by atoms with Gasteiger partial charge in [0.2, 0.25) is 0 Å². The summed E-state index contributed by atoms with van der Waals surface area (Å²) in [5, 5.41) is 9.41. The topological polar surface area (TPSA) is 105 Å². The third kappa shape index (κ3) is 3.93. The number of carboxylic acid groups (broad SMARTS) is 1. The molecule has 0 saturated carbocycles. The Morgan fingerprint density at radius 3 is 2.97 bits per heavy atom. The number of para-hydroxylation sites is 1. The van der Waals surface area contributed by atoms with Gasteiger partial charge in [0.1, 0.15) is 11.4 Å². The molecule has 2 saturated heterocycles. The molecule has 0 bridgehead atoms. The Morgan fingerprint density at radius 1 is 1.25 bits per heavy atom. The smallest absolute Gasteiger partial charge is 0.303 e. The lowest BCUT2D eigenvalue weighted by Gasteiger charge is -2.55. The zero-order valence-electron chi connectivity index (χ0n) is 20.4. The van der Waals surface area contributed by atoms with Crippen LogP contribution in [-0.2, 0) is 9.53 Å². The van der Waals surface area contributed by atoms with Gasteiger partial charge < -0.3 is 24.5 Å². The molecule has 0 aliphatic carbocycles. The van der Waals surface area contributed by atoms with Crippen molar-refractivity contribution in [3.63, 3.8) is 0 Å². The van der Waals surface area contributed by atoms with Gasteiger partial charge in [0.15, 0.2) is 0 Å². The van der Waals surface area contributed by atoms with Crippen LogP contribution in [0.3, 0.4) is 0 Å². The van der Waals surface area contributed by atoms with E-state index in [0.717, 1.165) is 41.6 Å². The van der Waals surface area contributed by atoms with Gasteiger partial charge in [-0.3, -0.25) is 9.59 Å². The molecule has 8 heteroatoms. The molecule has 3 aliphatic rings. The monoisotopic (exact) mass is 489 g/mol. The van der Waals surface area contributed by atoms with Crippen molar-refractivity contribution in [1.29, 1.82) is 0 Å².